The van der Waals surface area contributed by atoms with E-state index in [2.05, 4.69) is 25.5 Å². The van der Waals surface area contributed by atoms with Crippen molar-refractivity contribution in [2.24, 2.45) is 7.05 Å². The largest absolute Gasteiger partial charge is 0.497 e. The summed E-state index contributed by atoms with van der Waals surface area (Å²) in [6.07, 6.45) is 1.46. The van der Waals surface area contributed by atoms with E-state index < -0.39 is 0 Å². The first-order valence-corrected chi connectivity index (χ1v) is 9.58. The van der Waals surface area contributed by atoms with E-state index in [0.717, 1.165) is 11.3 Å². The summed E-state index contributed by atoms with van der Waals surface area (Å²) < 4.78 is 6.54. The Kier molecular flexibility index (Phi) is 4.85. The molecule has 3 heterocycles. The van der Waals surface area contributed by atoms with Crippen molar-refractivity contribution in [2.45, 2.75) is 13.5 Å². The predicted molar refractivity (Wildman–Crippen MR) is 109 cm³/mol. The zero-order valence-electron chi connectivity index (χ0n) is 16.0. The Bertz CT molecular complexity index is 1260. The quantitative estimate of drug-likeness (QED) is 0.520. The molecule has 4 aromatic rings. The van der Waals surface area contributed by atoms with Gasteiger partial charge in [-0.25, -0.2) is 9.97 Å². The van der Waals surface area contributed by atoms with Gasteiger partial charge in [-0.1, -0.05) is 0 Å². The summed E-state index contributed by atoms with van der Waals surface area (Å²) >= 11 is 1.20. The molecule has 0 saturated heterocycles. The zero-order chi connectivity index (χ0) is 20.5. The van der Waals surface area contributed by atoms with Gasteiger partial charge in [-0.15, -0.1) is 11.3 Å². The Hall–Kier alpha value is -3.53. The summed E-state index contributed by atoms with van der Waals surface area (Å²) in [5.74, 6) is 1.52. The summed E-state index contributed by atoms with van der Waals surface area (Å²) in [6, 6.07) is 7.38. The van der Waals surface area contributed by atoms with Crippen molar-refractivity contribution in [3.05, 3.63) is 57.2 Å². The number of fused-ring (bicyclic) bond motifs is 1. The minimum Gasteiger partial charge on any atom is -0.497 e. The average Bonchev–Trinajstić information content (AvgIpc) is 3.34. The number of aryl methyl sites for hydroxylation is 2. The van der Waals surface area contributed by atoms with E-state index in [0.29, 0.717) is 32.3 Å². The number of ether oxygens (including phenoxy) is 1. The lowest BCUT2D eigenvalue weighted by molar-refractivity contribution is 0.0953. The molecule has 29 heavy (non-hydrogen) atoms. The number of H-pyrrole nitrogens is 1. The van der Waals surface area contributed by atoms with Crippen LogP contribution in [-0.4, -0.2) is 37.7 Å². The summed E-state index contributed by atoms with van der Waals surface area (Å²) in [7, 11) is 3.24. The molecule has 0 aliphatic rings. The second-order valence-corrected chi connectivity index (χ2v) is 7.41. The number of amides is 1. The number of hydrogen-bond acceptors (Lipinski definition) is 7. The number of thiophene rings is 1. The van der Waals surface area contributed by atoms with Crippen LogP contribution in [0.2, 0.25) is 0 Å². The molecule has 4 rings (SSSR count). The Labute approximate surface area is 169 Å². The maximum Gasteiger partial charge on any atom is 0.262 e. The Morgan fingerprint density at radius 3 is 2.79 bits per heavy atom. The molecule has 0 radical (unpaired) electrons. The molecule has 148 valence electrons. The third-order valence-electron chi connectivity index (χ3n) is 4.51. The van der Waals surface area contributed by atoms with Crippen LogP contribution in [0, 0.1) is 6.92 Å². The topological polar surface area (TPSA) is 115 Å². The monoisotopic (exact) mass is 410 g/mol. The van der Waals surface area contributed by atoms with Gasteiger partial charge in [-0.05, 0) is 36.8 Å². The van der Waals surface area contributed by atoms with Gasteiger partial charge in [0.2, 0.25) is 0 Å². The van der Waals surface area contributed by atoms with E-state index in [1.807, 2.05) is 24.3 Å². The minimum absolute atomic E-state index is 0.165. The van der Waals surface area contributed by atoms with Gasteiger partial charge in [0.05, 0.1) is 30.2 Å². The molecule has 10 heteroatoms. The smallest absolute Gasteiger partial charge is 0.262 e. The van der Waals surface area contributed by atoms with Crippen LogP contribution in [0.3, 0.4) is 0 Å². The van der Waals surface area contributed by atoms with Crippen LogP contribution in [0.25, 0.3) is 21.6 Å². The average molecular weight is 410 g/mol. The highest BCUT2D eigenvalue weighted by molar-refractivity contribution is 7.20. The van der Waals surface area contributed by atoms with E-state index in [9.17, 15) is 9.59 Å². The van der Waals surface area contributed by atoms with Crippen molar-refractivity contribution in [2.75, 3.05) is 7.11 Å². The molecule has 1 aromatic carbocycles. The number of aromatic amines is 1. The molecule has 0 aliphatic carbocycles. The molecule has 0 bridgehead atoms. The second-order valence-electron chi connectivity index (χ2n) is 6.41. The fraction of sp³-hybridized carbons (Fsp3) is 0.211. The predicted octanol–water partition coefficient (Wildman–Crippen LogP) is 2.03. The number of hydrogen-bond donors (Lipinski definition) is 2. The van der Waals surface area contributed by atoms with Crippen LogP contribution < -0.4 is 15.6 Å². The molecule has 0 spiro atoms. The summed E-state index contributed by atoms with van der Waals surface area (Å²) in [5, 5.41) is 10.3. The highest BCUT2D eigenvalue weighted by atomic mass is 32.1. The number of nitrogens with one attached hydrogen (secondary N) is 2. The van der Waals surface area contributed by atoms with Crippen molar-refractivity contribution >= 4 is 27.5 Å². The van der Waals surface area contributed by atoms with Gasteiger partial charge in [0.1, 0.15) is 16.4 Å². The molecule has 0 fully saturated rings. The summed E-state index contributed by atoms with van der Waals surface area (Å²) in [5.41, 5.74) is 1.30. The SMILES string of the molecule is COc1ccc(-c2n[nH]c(CNC(=O)c3sc4ncn(C)c(=O)c4c3C)n2)cc1. The lowest BCUT2D eigenvalue weighted by Crippen LogP contribution is -2.23. The highest BCUT2D eigenvalue weighted by Gasteiger charge is 2.19. The van der Waals surface area contributed by atoms with Crippen LogP contribution >= 0.6 is 11.3 Å². The Morgan fingerprint density at radius 1 is 1.31 bits per heavy atom. The summed E-state index contributed by atoms with van der Waals surface area (Å²) in [6.45, 7) is 1.94. The standard InChI is InChI=1S/C19H18N6O3S/c1-10-14-18(21-9-25(2)19(14)27)29-15(10)17(26)20-8-13-22-16(24-23-13)11-4-6-12(28-3)7-5-11/h4-7,9H,8H2,1-3H3,(H,20,26)(H,22,23,24). The van der Waals surface area contributed by atoms with Crippen molar-refractivity contribution in [1.82, 2.24) is 30.0 Å². The fourth-order valence-corrected chi connectivity index (χ4v) is 3.97. The van der Waals surface area contributed by atoms with E-state index in [1.54, 1.807) is 21.1 Å². The number of nitrogens with zero attached hydrogens (tertiary/aromatic N) is 4. The van der Waals surface area contributed by atoms with E-state index >= 15 is 0 Å². The number of carbonyl (C=O) groups is 1. The first-order valence-electron chi connectivity index (χ1n) is 8.76. The molecule has 3 aromatic heterocycles. The van der Waals surface area contributed by atoms with Crippen LogP contribution in [0.1, 0.15) is 21.1 Å². The van der Waals surface area contributed by atoms with Crippen molar-refractivity contribution < 1.29 is 9.53 Å². The normalized spacial score (nSPS) is 11.0. The van der Waals surface area contributed by atoms with Gasteiger partial charge in [0.25, 0.3) is 11.5 Å². The van der Waals surface area contributed by atoms with Crippen LogP contribution in [0.15, 0.2) is 35.4 Å². The summed E-state index contributed by atoms with van der Waals surface area (Å²) in [4.78, 5) is 34.6. The van der Waals surface area contributed by atoms with Crippen molar-refractivity contribution in [1.29, 1.82) is 0 Å². The molecule has 1 amide bonds. The molecule has 0 aliphatic heterocycles. The van der Waals surface area contributed by atoms with Crippen LogP contribution in [0.5, 0.6) is 5.75 Å². The Morgan fingerprint density at radius 2 is 2.07 bits per heavy atom. The van der Waals surface area contributed by atoms with Gasteiger partial charge in [0.15, 0.2) is 5.82 Å². The lowest BCUT2D eigenvalue weighted by atomic mass is 10.2. The second kappa shape index (κ2) is 7.47. The van der Waals surface area contributed by atoms with Gasteiger partial charge in [-0.2, -0.15) is 5.10 Å². The maximum absolute atomic E-state index is 12.6. The number of methoxy groups -OCH3 is 1. The van der Waals surface area contributed by atoms with Crippen LogP contribution in [0.4, 0.5) is 0 Å². The molecule has 0 unspecified atom stereocenters. The third kappa shape index (κ3) is 3.49. The number of rotatable bonds is 5. The van der Waals surface area contributed by atoms with E-state index in [-0.39, 0.29) is 18.0 Å². The van der Waals surface area contributed by atoms with Gasteiger partial charge >= 0.3 is 0 Å². The van der Waals surface area contributed by atoms with E-state index in [1.165, 1.54) is 22.2 Å². The molecule has 0 saturated carbocycles. The van der Waals surface area contributed by atoms with Crippen LogP contribution in [-0.2, 0) is 13.6 Å². The van der Waals surface area contributed by atoms with Crippen molar-refractivity contribution in [3.8, 4) is 17.1 Å². The molecule has 2 N–H and O–H groups in total. The highest BCUT2D eigenvalue weighted by Crippen LogP contribution is 2.26. The molecular weight excluding hydrogens is 392 g/mol. The van der Waals surface area contributed by atoms with Gasteiger partial charge in [-0.3, -0.25) is 14.7 Å². The maximum atomic E-state index is 12.6. The minimum atomic E-state index is -0.282. The number of carbonyl (C=O) groups excluding carboxylic acids is 1. The van der Waals surface area contributed by atoms with Gasteiger partial charge in [0, 0.05) is 12.6 Å². The molecule has 0 atom stereocenters. The Balaban J connectivity index is 1.50. The van der Waals surface area contributed by atoms with E-state index in [4.69, 9.17) is 4.74 Å². The van der Waals surface area contributed by atoms with Crippen molar-refractivity contribution in [3.63, 3.8) is 0 Å². The number of benzene rings is 1. The third-order valence-corrected chi connectivity index (χ3v) is 5.71. The number of aromatic nitrogens is 5. The molecular formula is C19H18N6O3S. The first kappa shape index (κ1) is 18.8. The molecule has 9 nitrogen and oxygen atoms in total. The fourth-order valence-electron chi connectivity index (χ4n) is 2.91. The zero-order valence-corrected chi connectivity index (χ0v) is 16.8. The lowest BCUT2D eigenvalue weighted by Gasteiger charge is -2.02. The van der Waals surface area contributed by atoms with Gasteiger partial charge < -0.3 is 14.6 Å². The first-order chi connectivity index (χ1) is 14.0.